The Morgan fingerprint density at radius 2 is 2.00 bits per heavy atom. The Hall–Kier alpha value is -1.11. The monoisotopic (exact) mass is 203 g/mol. The van der Waals surface area contributed by atoms with Crippen molar-refractivity contribution in [2.45, 2.75) is 40.0 Å². The van der Waals surface area contributed by atoms with Crippen molar-refractivity contribution in [2.24, 2.45) is 5.92 Å². The van der Waals surface area contributed by atoms with Crippen LogP contribution >= 0.6 is 0 Å². The molecule has 0 spiro atoms. The molecule has 0 amide bonds. The van der Waals surface area contributed by atoms with Crippen LogP contribution in [-0.2, 0) is 6.42 Å². The lowest BCUT2D eigenvalue weighted by atomic mass is 9.97. The molecular weight excluding hydrogens is 182 g/mol. The minimum absolute atomic E-state index is 0.537. The number of rotatable bonds is 4. The Labute approximate surface area is 93.2 Å². The zero-order valence-corrected chi connectivity index (χ0v) is 10.2. The molecule has 0 unspecified atom stereocenters. The molecule has 1 aromatic rings. The van der Waals surface area contributed by atoms with Gasteiger partial charge < -0.3 is 0 Å². The van der Waals surface area contributed by atoms with Crippen LogP contribution in [0.5, 0.6) is 0 Å². The van der Waals surface area contributed by atoms with Gasteiger partial charge in [-0.25, -0.2) is 0 Å². The van der Waals surface area contributed by atoms with Crippen molar-refractivity contribution in [2.75, 3.05) is 0 Å². The molecule has 0 aliphatic heterocycles. The first kappa shape index (κ1) is 12.0. The van der Waals surface area contributed by atoms with E-state index in [4.69, 9.17) is 0 Å². The Balaban J connectivity index is 2.78. The molecule has 82 valence electrons. The summed E-state index contributed by atoms with van der Waals surface area (Å²) >= 11 is 0. The van der Waals surface area contributed by atoms with Gasteiger partial charge >= 0.3 is 0 Å². The Bertz CT molecular complexity index is 337. The SMILES string of the molecule is C=C(Cc1cc(C(C)C)ccn1)C(C)C. The molecule has 1 aromatic heterocycles. The van der Waals surface area contributed by atoms with Crippen LogP contribution in [-0.4, -0.2) is 4.98 Å². The molecule has 0 bridgehead atoms. The molecule has 0 saturated carbocycles. The van der Waals surface area contributed by atoms with Crippen molar-refractivity contribution in [3.63, 3.8) is 0 Å². The van der Waals surface area contributed by atoms with Crippen molar-refractivity contribution in [1.29, 1.82) is 0 Å². The van der Waals surface area contributed by atoms with E-state index < -0.39 is 0 Å². The van der Waals surface area contributed by atoms with E-state index in [-0.39, 0.29) is 0 Å². The van der Waals surface area contributed by atoms with E-state index in [2.05, 4.69) is 51.4 Å². The number of aromatic nitrogens is 1. The largest absolute Gasteiger partial charge is 0.261 e. The average Bonchev–Trinajstić information content (AvgIpc) is 2.18. The predicted octanol–water partition coefficient (Wildman–Crippen LogP) is 3.96. The molecule has 0 aromatic carbocycles. The summed E-state index contributed by atoms with van der Waals surface area (Å²) in [6.45, 7) is 12.8. The van der Waals surface area contributed by atoms with E-state index >= 15 is 0 Å². The van der Waals surface area contributed by atoms with Gasteiger partial charge in [-0.3, -0.25) is 4.98 Å². The van der Waals surface area contributed by atoms with Crippen molar-refractivity contribution in [3.8, 4) is 0 Å². The molecule has 1 rings (SSSR count). The van der Waals surface area contributed by atoms with Crippen molar-refractivity contribution in [1.82, 2.24) is 4.98 Å². The van der Waals surface area contributed by atoms with E-state index in [0.717, 1.165) is 12.1 Å². The van der Waals surface area contributed by atoms with Crippen LogP contribution in [0.1, 0.15) is 44.9 Å². The summed E-state index contributed by atoms with van der Waals surface area (Å²) in [5.74, 6) is 1.11. The van der Waals surface area contributed by atoms with Crippen molar-refractivity contribution in [3.05, 3.63) is 41.7 Å². The predicted molar refractivity (Wildman–Crippen MR) is 66.0 cm³/mol. The highest BCUT2D eigenvalue weighted by Gasteiger charge is 2.05. The lowest BCUT2D eigenvalue weighted by Gasteiger charge is -2.11. The first-order chi connectivity index (χ1) is 7.00. The second-order valence-corrected chi connectivity index (χ2v) is 4.72. The number of hydrogen-bond acceptors (Lipinski definition) is 1. The van der Waals surface area contributed by atoms with Crippen LogP contribution in [0.4, 0.5) is 0 Å². The van der Waals surface area contributed by atoms with E-state index in [9.17, 15) is 0 Å². The summed E-state index contributed by atoms with van der Waals surface area (Å²) < 4.78 is 0. The van der Waals surface area contributed by atoms with Crippen LogP contribution in [0.3, 0.4) is 0 Å². The molecule has 0 aliphatic rings. The van der Waals surface area contributed by atoms with Gasteiger partial charge in [0, 0.05) is 18.3 Å². The highest BCUT2D eigenvalue weighted by molar-refractivity contribution is 5.22. The quantitative estimate of drug-likeness (QED) is 0.675. The van der Waals surface area contributed by atoms with Crippen LogP contribution in [0.25, 0.3) is 0 Å². The molecule has 0 saturated heterocycles. The normalized spacial score (nSPS) is 11.1. The van der Waals surface area contributed by atoms with Crippen LogP contribution < -0.4 is 0 Å². The average molecular weight is 203 g/mol. The second kappa shape index (κ2) is 5.11. The van der Waals surface area contributed by atoms with E-state index in [0.29, 0.717) is 11.8 Å². The molecule has 0 aliphatic carbocycles. The fourth-order valence-electron chi connectivity index (χ4n) is 1.39. The molecule has 0 radical (unpaired) electrons. The third-order valence-corrected chi connectivity index (χ3v) is 2.73. The number of hydrogen-bond donors (Lipinski definition) is 0. The molecule has 1 nitrogen and oxygen atoms in total. The Morgan fingerprint density at radius 3 is 2.53 bits per heavy atom. The fraction of sp³-hybridized carbons (Fsp3) is 0.500. The zero-order valence-electron chi connectivity index (χ0n) is 10.2. The summed E-state index contributed by atoms with van der Waals surface area (Å²) in [6.07, 6.45) is 2.80. The smallest absolute Gasteiger partial charge is 0.0446 e. The van der Waals surface area contributed by atoms with Gasteiger partial charge in [0.25, 0.3) is 0 Å². The van der Waals surface area contributed by atoms with Gasteiger partial charge in [0.15, 0.2) is 0 Å². The van der Waals surface area contributed by atoms with Crippen LogP contribution in [0, 0.1) is 5.92 Å². The highest BCUT2D eigenvalue weighted by Crippen LogP contribution is 2.17. The summed E-state index contributed by atoms with van der Waals surface area (Å²) in [5.41, 5.74) is 3.75. The zero-order chi connectivity index (χ0) is 11.4. The highest BCUT2D eigenvalue weighted by atomic mass is 14.7. The minimum Gasteiger partial charge on any atom is -0.261 e. The Kier molecular flexibility index (Phi) is 4.07. The van der Waals surface area contributed by atoms with Crippen molar-refractivity contribution < 1.29 is 0 Å². The molecule has 1 heterocycles. The van der Waals surface area contributed by atoms with Crippen LogP contribution in [0.15, 0.2) is 30.5 Å². The summed E-state index contributed by atoms with van der Waals surface area (Å²) in [7, 11) is 0. The lowest BCUT2D eigenvalue weighted by molar-refractivity contribution is 0.737. The summed E-state index contributed by atoms with van der Waals surface area (Å²) in [4.78, 5) is 4.38. The molecule has 1 heteroatoms. The summed E-state index contributed by atoms with van der Waals surface area (Å²) in [5, 5.41) is 0. The van der Waals surface area contributed by atoms with Gasteiger partial charge in [-0.2, -0.15) is 0 Å². The van der Waals surface area contributed by atoms with Gasteiger partial charge in [-0.1, -0.05) is 39.8 Å². The van der Waals surface area contributed by atoms with E-state index in [1.807, 2.05) is 6.20 Å². The van der Waals surface area contributed by atoms with Gasteiger partial charge in [0.05, 0.1) is 0 Å². The molecule has 15 heavy (non-hydrogen) atoms. The van der Waals surface area contributed by atoms with E-state index in [1.54, 1.807) is 0 Å². The minimum atomic E-state index is 0.537. The topological polar surface area (TPSA) is 12.9 Å². The summed E-state index contributed by atoms with van der Waals surface area (Å²) in [6, 6.07) is 4.28. The van der Waals surface area contributed by atoms with Gasteiger partial charge in [-0.15, -0.1) is 0 Å². The standard InChI is InChI=1S/C14H21N/c1-10(2)12(5)8-14-9-13(11(3)4)6-7-15-14/h6-7,9-11H,5,8H2,1-4H3. The number of allylic oxidation sites excluding steroid dienone is 1. The second-order valence-electron chi connectivity index (χ2n) is 4.72. The fourth-order valence-corrected chi connectivity index (χ4v) is 1.39. The van der Waals surface area contributed by atoms with Crippen LogP contribution in [0.2, 0.25) is 0 Å². The van der Waals surface area contributed by atoms with Crippen molar-refractivity contribution >= 4 is 0 Å². The maximum atomic E-state index is 4.38. The van der Waals surface area contributed by atoms with E-state index in [1.165, 1.54) is 11.1 Å². The lowest BCUT2D eigenvalue weighted by Crippen LogP contribution is -2.00. The van der Waals surface area contributed by atoms with Gasteiger partial charge in [0.1, 0.15) is 0 Å². The number of nitrogens with zero attached hydrogens (tertiary/aromatic N) is 1. The van der Waals surface area contributed by atoms with Gasteiger partial charge in [0.2, 0.25) is 0 Å². The maximum Gasteiger partial charge on any atom is 0.0446 e. The maximum absolute atomic E-state index is 4.38. The Morgan fingerprint density at radius 1 is 1.33 bits per heavy atom. The molecule has 0 atom stereocenters. The van der Waals surface area contributed by atoms with Gasteiger partial charge in [-0.05, 0) is 29.5 Å². The number of pyridine rings is 1. The molecular formula is C14H21N. The first-order valence-corrected chi connectivity index (χ1v) is 5.63. The third-order valence-electron chi connectivity index (χ3n) is 2.73. The first-order valence-electron chi connectivity index (χ1n) is 5.63. The molecule has 0 fully saturated rings. The third kappa shape index (κ3) is 3.50. The molecule has 0 N–H and O–H groups in total.